The molecule has 1 fully saturated rings. The SMILES string of the molecule is CN1CCN(C(=O)C[C@H](O)C[C@H](O)CN)CC1. The molecular weight excluding hydrogens is 222 g/mol. The molecule has 0 aromatic carbocycles. The number of rotatable bonds is 5. The van der Waals surface area contributed by atoms with Crippen molar-refractivity contribution in [2.45, 2.75) is 25.0 Å². The lowest BCUT2D eigenvalue weighted by Crippen LogP contribution is -2.47. The summed E-state index contributed by atoms with van der Waals surface area (Å²) < 4.78 is 0. The van der Waals surface area contributed by atoms with E-state index in [1.807, 2.05) is 7.05 Å². The first-order valence-electron chi connectivity index (χ1n) is 6.05. The highest BCUT2D eigenvalue weighted by atomic mass is 16.3. The average molecular weight is 245 g/mol. The van der Waals surface area contributed by atoms with Crippen molar-refractivity contribution in [3.8, 4) is 0 Å². The summed E-state index contributed by atoms with van der Waals surface area (Å²) in [6.07, 6.45) is -1.30. The summed E-state index contributed by atoms with van der Waals surface area (Å²) in [5.41, 5.74) is 5.25. The molecular formula is C11H23N3O3. The standard InChI is InChI=1S/C11H23N3O3/c1-13-2-4-14(5-3-13)11(17)7-9(15)6-10(16)8-12/h9-10,15-16H,2-8,12H2,1H3/t9-,10+/m1/s1. The molecule has 6 nitrogen and oxygen atoms in total. The van der Waals surface area contributed by atoms with E-state index in [1.165, 1.54) is 0 Å². The Bertz CT molecular complexity index is 242. The van der Waals surface area contributed by atoms with Gasteiger partial charge in [0.25, 0.3) is 0 Å². The molecule has 0 bridgehead atoms. The molecule has 0 aromatic heterocycles. The Balaban J connectivity index is 2.28. The zero-order valence-electron chi connectivity index (χ0n) is 10.4. The molecule has 6 heteroatoms. The third kappa shape index (κ3) is 4.99. The number of nitrogens with two attached hydrogens (primary N) is 1. The summed E-state index contributed by atoms with van der Waals surface area (Å²) >= 11 is 0. The van der Waals surface area contributed by atoms with Crippen LogP contribution in [0.15, 0.2) is 0 Å². The molecule has 1 aliphatic heterocycles. The summed E-state index contributed by atoms with van der Waals surface area (Å²) in [5.74, 6) is -0.0465. The van der Waals surface area contributed by atoms with Crippen LogP contribution in [0.4, 0.5) is 0 Å². The van der Waals surface area contributed by atoms with E-state index in [0.29, 0.717) is 13.1 Å². The molecule has 4 N–H and O–H groups in total. The Hall–Kier alpha value is -0.690. The van der Waals surface area contributed by atoms with Crippen molar-refractivity contribution in [1.29, 1.82) is 0 Å². The van der Waals surface area contributed by atoms with Gasteiger partial charge in [-0.3, -0.25) is 4.79 Å². The molecule has 0 saturated carbocycles. The van der Waals surface area contributed by atoms with Crippen molar-refractivity contribution in [3.63, 3.8) is 0 Å². The number of nitrogens with zero attached hydrogens (tertiary/aromatic N) is 2. The highest BCUT2D eigenvalue weighted by Crippen LogP contribution is 2.07. The van der Waals surface area contributed by atoms with Crippen LogP contribution in [0.25, 0.3) is 0 Å². The summed E-state index contributed by atoms with van der Waals surface area (Å²) in [6.45, 7) is 3.27. The molecule has 0 unspecified atom stereocenters. The lowest BCUT2D eigenvalue weighted by molar-refractivity contribution is -0.135. The van der Waals surface area contributed by atoms with Crippen LogP contribution >= 0.6 is 0 Å². The van der Waals surface area contributed by atoms with Gasteiger partial charge in [0.2, 0.25) is 5.91 Å². The van der Waals surface area contributed by atoms with Crippen molar-refractivity contribution in [2.75, 3.05) is 39.8 Å². The minimum Gasteiger partial charge on any atom is -0.392 e. The lowest BCUT2D eigenvalue weighted by atomic mass is 10.1. The maximum Gasteiger partial charge on any atom is 0.225 e. The summed E-state index contributed by atoms with van der Waals surface area (Å²) in [4.78, 5) is 15.7. The minimum atomic E-state index is -0.805. The molecule has 0 radical (unpaired) electrons. The van der Waals surface area contributed by atoms with Gasteiger partial charge in [-0.1, -0.05) is 0 Å². The van der Waals surface area contributed by atoms with Crippen LogP contribution in [0.5, 0.6) is 0 Å². The largest absolute Gasteiger partial charge is 0.392 e. The van der Waals surface area contributed by atoms with Crippen molar-refractivity contribution in [2.24, 2.45) is 5.73 Å². The van der Waals surface area contributed by atoms with Gasteiger partial charge in [0, 0.05) is 39.1 Å². The second kappa shape index (κ2) is 6.90. The Labute approximate surface area is 102 Å². The van der Waals surface area contributed by atoms with Crippen LogP contribution in [-0.2, 0) is 4.79 Å². The van der Waals surface area contributed by atoms with E-state index < -0.39 is 12.2 Å². The van der Waals surface area contributed by atoms with Crippen molar-refractivity contribution in [1.82, 2.24) is 9.80 Å². The van der Waals surface area contributed by atoms with Gasteiger partial charge >= 0.3 is 0 Å². The van der Waals surface area contributed by atoms with Crippen LogP contribution in [0, 0.1) is 0 Å². The van der Waals surface area contributed by atoms with Crippen LogP contribution in [0.1, 0.15) is 12.8 Å². The number of carbonyl (C=O) groups excluding carboxylic acids is 1. The number of likely N-dealkylation sites (N-methyl/N-ethyl adjacent to an activating group) is 1. The second-order valence-corrected chi connectivity index (χ2v) is 4.67. The molecule has 17 heavy (non-hydrogen) atoms. The Kier molecular flexibility index (Phi) is 5.84. The van der Waals surface area contributed by atoms with Crippen molar-refractivity contribution in [3.05, 3.63) is 0 Å². The number of aliphatic hydroxyl groups is 2. The zero-order chi connectivity index (χ0) is 12.8. The zero-order valence-corrected chi connectivity index (χ0v) is 10.4. The first kappa shape index (κ1) is 14.4. The summed E-state index contributed by atoms with van der Waals surface area (Å²) in [5, 5.41) is 18.9. The van der Waals surface area contributed by atoms with Crippen molar-refractivity contribution >= 4 is 5.91 Å². The Morgan fingerprint density at radius 2 is 1.82 bits per heavy atom. The number of piperazine rings is 1. The van der Waals surface area contributed by atoms with Gasteiger partial charge in [-0.05, 0) is 7.05 Å². The summed E-state index contributed by atoms with van der Waals surface area (Å²) in [7, 11) is 2.02. The fourth-order valence-electron chi connectivity index (χ4n) is 1.88. The number of amides is 1. The van der Waals surface area contributed by atoms with Crippen LogP contribution < -0.4 is 5.73 Å². The van der Waals surface area contributed by atoms with E-state index in [1.54, 1.807) is 4.90 Å². The number of hydrogen-bond acceptors (Lipinski definition) is 5. The third-order valence-electron chi connectivity index (χ3n) is 3.08. The van der Waals surface area contributed by atoms with Gasteiger partial charge in [-0.2, -0.15) is 0 Å². The monoisotopic (exact) mass is 245 g/mol. The molecule has 100 valence electrons. The number of aliphatic hydroxyl groups excluding tert-OH is 2. The molecule has 0 aliphatic carbocycles. The van der Waals surface area contributed by atoms with Gasteiger partial charge in [0.15, 0.2) is 0 Å². The maximum atomic E-state index is 11.8. The Morgan fingerprint density at radius 3 is 2.35 bits per heavy atom. The van der Waals surface area contributed by atoms with Gasteiger partial charge in [0.1, 0.15) is 0 Å². The van der Waals surface area contributed by atoms with Crippen LogP contribution in [0.3, 0.4) is 0 Å². The molecule has 1 amide bonds. The van der Waals surface area contributed by atoms with Gasteiger partial charge < -0.3 is 25.7 Å². The lowest BCUT2D eigenvalue weighted by Gasteiger charge is -2.33. The van der Waals surface area contributed by atoms with E-state index in [0.717, 1.165) is 13.1 Å². The highest BCUT2D eigenvalue weighted by Gasteiger charge is 2.22. The van der Waals surface area contributed by atoms with E-state index >= 15 is 0 Å². The van der Waals surface area contributed by atoms with E-state index in [-0.39, 0.29) is 25.3 Å². The Morgan fingerprint density at radius 1 is 1.24 bits per heavy atom. The van der Waals surface area contributed by atoms with Gasteiger partial charge in [-0.25, -0.2) is 0 Å². The van der Waals surface area contributed by atoms with Gasteiger partial charge in [0.05, 0.1) is 18.6 Å². The van der Waals surface area contributed by atoms with Crippen LogP contribution in [-0.4, -0.2) is 77.9 Å². The van der Waals surface area contributed by atoms with E-state index in [4.69, 9.17) is 5.73 Å². The van der Waals surface area contributed by atoms with E-state index in [2.05, 4.69) is 4.90 Å². The first-order chi connectivity index (χ1) is 8.02. The highest BCUT2D eigenvalue weighted by molar-refractivity contribution is 5.76. The molecule has 0 aromatic rings. The van der Waals surface area contributed by atoms with E-state index in [9.17, 15) is 15.0 Å². The molecule has 1 aliphatic rings. The fourth-order valence-corrected chi connectivity index (χ4v) is 1.88. The quantitative estimate of drug-likeness (QED) is 0.533. The smallest absolute Gasteiger partial charge is 0.225 e. The topological polar surface area (TPSA) is 90.0 Å². The number of carbonyl (C=O) groups is 1. The maximum absolute atomic E-state index is 11.8. The molecule has 0 spiro atoms. The molecule has 1 heterocycles. The molecule has 2 atom stereocenters. The average Bonchev–Trinajstić information content (AvgIpc) is 2.29. The molecule has 1 saturated heterocycles. The third-order valence-corrected chi connectivity index (χ3v) is 3.08. The van der Waals surface area contributed by atoms with Crippen molar-refractivity contribution < 1.29 is 15.0 Å². The second-order valence-electron chi connectivity index (χ2n) is 4.67. The van der Waals surface area contributed by atoms with Crippen LogP contribution in [0.2, 0.25) is 0 Å². The number of hydrogen-bond donors (Lipinski definition) is 3. The first-order valence-corrected chi connectivity index (χ1v) is 6.05. The van der Waals surface area contributed by atoms with Gasteiger partial charge in [-0.15, -0.1) is 0 Å². The minimum absolute atomic E-state index is 0.0465. The fraction of sp³-hybridized carbons (Fsp3) is 0.909. The normalized spacial score (nSPS) is 21.3. The predicted molar refractivity (Wildman–Crippen MR) is 64.4 cm³/mol. The predicted octanol–water partition coefficient (Wildman–Crippen LogP) is -1.78. The molecule has 1 rings (SSSR count). The summed E-state index contributed by atoms with van der Waals surface area (Å²) in [6, 6.07) is 0.